The number of nitrogens with zero attached hydrogens (tertiary/aromatic N) is 4. The Labute approximate surface area is 410 Å². The lowest BCUT2D eigenvalue weighted by atomic mass is 9.86. The van der Waals surface area contributed by atoms with Crippen LogP contribution in [0.3, 0.4) is 0 Å². The van der Waals surface area contributed by atoms with Gasteiger partial charge in [0, 0.05) is 49.4 Å². The fraction of sp³-hybridized carbons (Fsp3) is 0.121. The maximum Gasteiger partial charge on any atom is 0.160 e. The van der Waals surface area contributed by atoms with E-state index in [1.54, 1.807) is 0 Å². The molecule has 3 aromatic heterocycles. The number of para-hydroxylation sites is 4. The molecule has 0 atom stereocenters. The summed E-state index contributed by atoms with van der Waals surface area (Å²) < 4.78 is 4.95. The highest BCUT2D eigenvalue weighted by molar-refractivity contribution is 6.12. The van der Waals surface area contributed by atoms with Crippen LogP contribution in [0, 0.1) is 0 Å². The van der Waals surface area contributed by atoms with Crippen LogP contribution in [-0.2, 0) is 10.8 Å². The Hall–Kier alpha value is -8.34. The van der Waals surface area contributed by atoms with E-state index in [0.717, 1.165) is 83.8 Å². The van der Waals surface area contributed by atoms with Crippen molar-refractivity contribution in [3.05, 3.63) is 230 Å². The number of fused-ring (bicyclic) bond motifs is 6. The molecule has 0 fully saturated rings. The largest absolute Gasteiger partial charge is 0.308 e. The average Bonchev–Trinajstić information content (AvgIpc) is 3.90. The van der Waals surface area contributed by atoms with Gasteiger partial charge in [0.1, 0.15) is 0 Å². The van der Waals surface area contributed by atoms with Gasteiger partial charge in [-0.1, -0.05) is 217 Å². The van der Waals surface area contributed by atoms with Gasteiger partial charge in [-0.25, -0.2) is 9.97 Å². The number of aromatic nitrogens is 4. The molecular weight excluding hydrogens is 849 g/mol. The van der Waals surface area contributed by atoms with Gasteiger partial charge < -0.3 is 9.13 Å². The van der Waals surface area contributed by atoms with Crippen molar-refractivity contribution in [1.29, 1.82) is 0 Å². The van der Waals surface area contributed by atoms with Crippen LogP contribution < -0.4 is 0 Å². The molecule has 0 saturated heterocycles. The maximum absolute atomic E-state index is 5.59. The summed E-state index contributed by atoms with van der Waals surface area (Å²) >= 11 is 0. The van der Waals surface area contributed by atoms with Crippen molar-refractivity contribution in [3.8, 4) is 67.5 Å². The predicted octanol–water partition coefficient (Wildman–Crippen LogP) is 17.6. The van der Waals surface area contributed by atoms with Gasteiger partial charge in [0.25, 0.3) is 0 Å². The van der Waals surface area contributed by atoms with Crippen LogP contribution in [0.1, 0.15) is 52.7 Å². The third kappa shape index (κ3) is 7.30. The van der Waals surface area contributed by atoms with Gasteiger partial charge in [-0.15, -0.1) is 0 Å². The molecule has 12 rings (SSSR count). The first kappa shape index (κ1) is 43.0. The van der Waals surface area contributed by atoms with Crippen molar-refractivity contribution < 1.29 is 0 Å². The van der Waals surface area contributed by atoms with Crippen LogP contribution in [0.5, 0.6) is 0 Å². The lowest BCUT2D eigenvalue weighted by Gasteiger charge is -2.22. The molecule has 0 aliphatic heterocycles. The van der Waals surface area contributed by atoms with Crippen LogP contribution in [0.4, 0.5) is 0 Å². The first-order valence-electron chi connectivity index (χ1n) is 24.4. The average molecular weight is 903 g/mol. The second kappa shape index (κ2) is 16.7. The Bertz CT molecular complexity index is 3700. The maximum atomic E-state index is 5.59. The van der Waals surface area contributed by atoms with Crippen molar-refractivity contribution in [1.82, 2.24) is 19.1 Å². The zero-order valence-corrected chi connectivity index (χ0v) is 40.6. The van der Waals surface area contributed by atoms with Crippen LogP contribution in [-0.4, -0.2) is 19.1 Å². The molecule has 3 heterocycles. The summed E-state index contributed by atoms with van der Waals surface area (Å²) in [5, 5.41) is 4.89. The van der Waals surface area contributed by atoms with E-state index in [1.807, 2.05) is 0 Å². The highest BCUT2D eigenvalue weighted by Gasteiger charge is 2.26. The lowest BCUT2D eigenvalue weighted by Crippen LogP contribution is -2.10. The van der Waals surface area contributed by atoms with E-state index in [4.69, 9.17) is 9.97 Å². The van der Waals surface area contributed by atoms with E-state index in [-0.39, 0.29) is 10.8 Å². The van der Waals surface area contributed by atoms with Gasteiger partial charge in [0.15, 0.2) is 5.82 Å². The Kier molecular flexibility index (Phi) is 10.3. The Balaban J connectivity index is 1.19. The van der Waals surface area contributed by atoms with Crippen molar-refractivity contribution in [3.63, 3.8) is 0 Å². The monoisotopic (exact) mass is 902 g/mol. The van der Waals surface area contributed by atoms with Crippen molar-refractivity contribution in [2.24, 2.45) is 0 Å². The van der Waals surface area contributed by atoms with Crippen molar-refractivity contribution in [2.75, 3.05) is 0 Å². The van der Waals surface area contributed by atoms with Crippen molar-refractivity contribution in [2.45, 2.75) is 52.4 Å². The van der Waals surface area contributed by atoms with Crippen LogP contribution in [0.25, 0.3) is 111 Å². The van der Waals surface area contributed by atoms with Gasteiger partial charge in [0.05, 0.1) is 44.8 Å². The number of hydrogen-bond donors (Lipinski definition) is 0. The third-order valence-electron chi connectivity index (χ3n) is 14.1. The van der Waals surface area contributed by atoms with E-state index < -0.39 is 0 Å². The topological polar surface area (TPSA) is 35.6 Å². The van der Waals surface area contributed by atoms with Crippen molar-refractivity contribution >= 4 is 43.6 Å². The van der Waals surface area contributed by atoms with Gasteiger partial charge in [-0.2, -0.15) is 0 Å². The molecule has 0 unspecified atom stereocenters. The molecule has 0 amide bonds. The first-order chi connectivity index (χ1) is 34.0. The fourth-order valence-electron chi connectivity index (χ4n) is 10.5. The van der Waals surface area contributed by atoms with E-state index in [0.29, 0.717) is 5.82 Å². The zero-order chi connectivity index (χ0) is 47.7. The third-order valence-corrected chi connectivity index (χ3v) is 14.1. The van der Waals surface area contributed by atoms with Gasteiger partial charge in [-0.3, -0.25) is 0 Å². The summed E-state index contributed by atoms with van der Waals surface area (Å²) in [7, 11) is 0. The highest BCUT2D eigenvalue weighted by Crippen LogP contribution is 2.46. The van der Waals surface area contributed by atoms with E-state index in [9.17, 15) is 0 Å². The van der Waals surface area contributed by atoms with Crippen LogP contribution in [0.2, 0.25) is 0 Å². The molecule has 70 heavy (non-hydrogen) atoms. The molecule has 0 N–H and O–H groups in total. The van der Waals surface area contributed by atoms with Gasteiger partial charge in [0.2, 0.25) is 0 Å². The summed E-state index contributed by atoms with van der Waals surface area (Å²) in [4.78, 5) is 11.2. The molecule has 12 aromatic rings. The molecule has 338 valence electrons. The predicted molar refractivity (Wildman–Crippen MR) is 295 cm³/mol. The SMILES string of the molecule is CC(C)(C)c1ccc2c(c1)c1ccccc1n2-c1c(-c2ccccc2)cccc1-c1cc(-c2cccc(-c3ccccc3)c2-n2c3ccccc3c3cc(C(C)(C)C)ccc32)nc(-c2ccccc2)n1. The summed E-state index contributed by atoms with van der Waals surface area (Å²) in [6.07, 6.45) is 0. The molecule has 0 saturated carbocycles. The molecule has 0 radical (unpaired) electrons. The second-order valence-electron chi connectivity index (χ2n) is 20.6. The quantitative estimate of drug-likeness (QED) is 0.160. The minimum Gasteiger partial charge on any atom is -0.308 e. The molecule has 0 aliphatic rings. The van der Waals surface area contributed by atoms with E-state index in [2.05, 4.69) is 269 Å². The number of rotatable bonds is 7. The normalized spacial score (nSPS) is 12.1. The summed E-state index contributed by atoms with van der Waals surface area (Å²) in [6.45, 7) is 13.7. The smallest absolute Gasteiger partial charge is 0.160 e. The first-order valence-corrected chi connectivity index (χ1v) is 24.4. The molecule has 0 bridgehead atoms. The Morgan fingerprint density at radius 2 is 0.657 bits per heavy atom. The molecule has 0 aliphatic carbocycles. The highest BCUT2D eigenvalue weighted by atomic mass is 15.0. The Morgan fingerprint density at radius 1 is 0.300 bits per heavy atom. The van der Waals surface area contributed by atoms with E-state index >= 15 is 0 Å². The summed E-state index contributed by atoms with van der Waals surface area (Å²) in [5.74, 6) is 0.661. The number of hydrogen-bond acceptors (Lipinski definition) is 2. The minimum atomic E-state index is -0.0129. The van der Waals surface area contributed by atoms with Gasteiger partial charge in [-0.05, 0) is 75.5 Å². The van der Waals surface area contributed by atoms with Gasteiger partial charge >= 0.3 is 0 Å². The lowest BCUT2D eigenvalue weighted by molar-refractivity contribution is 0.591. The molecular formula is C66H54N4. The Morgan fingerprint density at radius 3 is 1.07 bits per heavy atom. The summed E-state index contributed by atoms with van der Waals surface area (Å²) in [6, 6.07) is 79.3. The van der Waals surface area contributed by atoms with E-state index in [1.165, 1.54) is 32.7 Å². The minimum absolute atomic E-state index is 0.0129. The molecule has 4 heteroatoms. The van der Waals surface area contributed by atoms with Crippen LogP contribution >= 0.6 is 0 Å². The fourth-order valence-corrected chi connectivity index (χ4v) is 10.5. The molecule has 4 nitrogen and oxygen atoms in total. The molecule has 0 spiro atoms. The summed E-state index contributed by atoms with van der Waals surface area (Å²) in [5.41, 5.74) is 18.5. The van der Waals surface area contributed by atoms with Crippen LogP contribution in [0.15, 0.2) is 218 Å². The second-order valence-corrected chi connectivity index (χ2v) is 20.6. The molecule has 9 aromatic carbocycles. The number of benzene rings is 9. The standard InChI is InChI=1S/C66H54N4/c1-65(2,3)46-36-38-60-54(40-46)50-28-16-18-34-58(50)69(60)62-48(43-22-10-7-11-23-43)30-20-32-52(62)56-42-57(68-64(67-56)45-26-14-9-15-27-45)53-33-21-31-49(44-24-12-8-13-25-44)63(53)70-59-35-19-17-29-51(59)55-41-47(66(4,5)6)37-39-61(55)70/h7-42H,1-6H3. The zero-order valence-electron chi connectivity index (χ0n) is 40.6.